The molecular weight excluding hydrogens is 252 g/mol. The van der Waals surface area contributed by atoms with E-state index in [1.165, 1.54) is 5.56 Å². The zero-order valence-electron chi connectivity index (χ0n) is 12.1. The van der Waals surface area contributed by atoms with Crippen LogP contribution in [0.3, 0.4) is 0 Å². The lowest BCUT2D eigenvalue weighted by atomic mass is 10.0. The van der Waals surface area contributed by atoms with Crippen molar-refractivity contribution in [3.05, 3.63) is 48.6 Å². The molecular formula is C16H24N2O2. The van der Waals surface area contributed by atoms with Gasteiger partial charge in [0, 0.05) is 19.6 Å². The van der Waals surface area contributed by atoms with E-state index in [0.717, 1.165) is 0 Å². The Morgan fingerprint density at radius 1 is 1.45 bits per heavy atom. The zero-order valence-corrected chi connectivity index (χ0v) is 12.1. The number of hydrogen-bond donors (Lipinski definition) is 2. The first kappa shape index (κ1) is 16.4. The second kappa shape index (κ2) is 9.28. The molecule has 0 heterocycles. The first-order valence-corrected chi connectivity index (χ1v) is 6.93. The molecule has 0 aliphatic heterocycles. The van der Waals surface area contributed by atoms with E-state index in [9.17, 15) is 4.79 Å². The number of aliphatic hydroxyl groups is 1. The van der Waals surface area contributed by atoms with Crippen LogP contribution >= 0.6 is 0 Å². The summed E-state index contributed by atoms with van der Waals surface area (Å²) in [5, 5.41) is 11.9. The zero-order chi connectivity index (χ0) is 14.8. The van der Waals surface area contributed by atoms with E-state index in [2.05, 4.69) is 31.0 Å². The van der Waals surface area contributed by atoms with Gasteiger partial charge in [-0.1, -0.05) is 43.3 Å². The van der Waals surface area contributed by atoms with Crippen LogP contribution in [0.15, 0.2) is 43.0 Å². The molecule has 1 aromatic rings. The van der Waals surface area contributed by atoms with Gasteiger partial charge in [-0.3, -0.25) is 9.69 Å². The van der Waals surface area contributed by atoms with Crippen LogP contribution in [-0.2, 0) is 4.79 Å². The van der Waals surface area contributed by atoms with Crippen molar-refractivity contribution in [3.63, 3.8) is 0 Å². The van der Waals surface area contributed by atoms with E-state index in [0.29, 0.717) is 19.6 Å². The fraction of sp³-hybridized carbons (Fsp3) is 0.438. The summed E-state index contributed by atoms with van der Waals surface area (Å²) in [5.41, 5.74) is 1.21. The third kappa shape index (κ3) is 5.99. The van der Waals surface area contributed by atoms with E-state index < -0.39 is 0 Å². The molecule has 0 radical (unpaired) electrons. The summed E-state index contributed by atoms with van der Waals surface area (Å²) < 4.78 is 0. The van der Waals surface area contributed by atoms with Crippen molar-refractivity contribution >= 4 is 5.91 Å². The Bertz CT molecular complexity index is 406. The second-order valence-electron chi connectivity index (χ2n) is 4.86. The molecule has 1 atom stereocenters. The van der Waals surface area contributed by atoms with Crippen molar-refractivity contribution in [2.75, 3.05) is 32.8 Å². The molecule has 0 spiro atoms. The van der Waals surface area contributed by atoms with Gasteiger partial charge in [0.15, 0.2) is 0 Å². The average molecular weight is 276 g/mol. The Balaban J connectivity index is 2.36. The molecule has 0 aliphatic rings. The Kier molecular flexibility index (Phi) is 7.62. The van der Waals surface area contributed by atoms with Crippen molar-refractivity contribution in [1.29, 1.82) is 0 Å². The first-order chi connectivity index (χ1) is 9.67. The maximum atomic E-state index is 11.9. The fourth-order valence-electron chi connectivity index (χ4n) is 1.98. The summed E-state index contributed by atoms with van der Waals surface area (Å²) in [4.78, 5) is 13.7. The van der Waals surface area contributed by atoms with Gasteiger partial charge in [-0.2, -0.15) is 0 Å². The smallest absolute Gasteiger partial charge is 0.234 e. The minimum absolute atomic E-state index is 0.0249. The fourth-order valence-corrected chi connectivity index (χ4v) is 1.98. The van der Waals surface area contributed by atoms with Gasteiger partial charge in [0.25, 0.3) is 0 Å². The molecule has 0 bridgehead atoms. The summed E-state index contributed by atoms with van der Waals surface area (Å²) >= 11 is 0. The van der Waals surface area contributed by atoms with E-state index in [-0.39, 0.29) is 25.0 Å². The molecule has 0 fully saturated rings. The van der Waals surface area contributed by atoms with Crippen LogP contribution in [0.25, 0.3) is 0 Å². The molecule has 0 aromatic heterocycles. The second-order valence-corrected chi connectivity index (χ2v) is 4.86. The molecule has 1 unspecified atom stereocenters. The molecule has 20 heavy (non-hydrogen) atoms. The lowest BCUT2D eigenvalue weighted by Crippen LogP contribution is -2.39. The molecule has 1 rings (SSSR count). The molecule has 0 aliphatic carbocycles. The number of carbonyl (C=O) groups is 1. The number of rotatable bonds is 9. The van der Waals surface area contributed by atoms with Crippen LogP contribution in [0.1, 0.15) is 18.4 Å². The summed E-state index contributed by atoms with van der Waals surface area (Å²) in [6.07, 6.45) is 1.73. The first-order valence-electron chi connectivity index (χ1n) is 6.93. The van der Waals surface area contributed by atoms with Crippen LogP contribution in [0.5, 0.6) is 0 Å². The minimum Gasteiger partial charge on any atom is -0.395 e. The summed E-state index contributed by atoms with van der Waals surface area (Å²) in [7, 11) is 0. The Morgan fingerprint density at radius 3 is 2.75 bits per heavy atom. The molecule has 2 N–H and O–H groups in total. The van der Waals surface area contributed by atoms with Gasteiger partial charge in [-0.25, -0.2) is 0 Å². The Morgan fingerprint density at radius 2 is 2.15 bits per heavy atom. The molecule has 1 amide bonds. The predicted octanol–water partition coefficient (Wildman–Crippen LogP) is 1.39. The highest BCUT2D eigenvalue weighted by Gasteiger charge is 2.11. The number of aliphatic hydroxyl groups excluding tert-OH is 1. The highest BCUT2D eigenvalue weighted by atomic mass is 16.3. The third-order valence-electron chi connectivity index (χ3n) is 3.14. The molecule has 0 saturated heterocycles. The summed E-state index contributed by atoms with van der Waals surface area (Å²) in [6, 6.07) is 10.1. The standard InChI is InChI=1S/C16H24N2O2/c1-3-9-18(10-11-19)13-16(20)17-12-14(2)15-7-5-4-6-8-15/h3-8,14,19H,1,9-13H2,2H3,(H,17,20). The Hall–Kier alpha value is -1.65. The molecule has 0 saturated carbocycles. The van der Waals surface area contributed by atoms with E-state index in [1.54, 1.807) is 6.08 Å². The molecule has 110 valence electrons. The molecule has 4 heteroatoms. The van der Waals surface area contributed by atoms with E-state index in [4.69, 9.17) is 5.11 Å². The predicted molar refractivity (Wildman–Crippen MR) is 81.6 cm³/mol. The SMILES string of the molecule is C=CCN(CCO)CC(=O)NCC(C)c1ccccc1. The van der Waals surface area contributed by atoms with Gasteiger partial charge in [0.05, 0.1) is 13.2 Å². The molecule has 1 aromatic carbocycles. The minimum atomic E-state index is -0.0249. The van der Waals surface area contributed by atoms with Crippen molar-refractivity contribution in [3.8, 4) is 0 Å². The number of nitrogens with one attached hydrogen (secondary N) is 1. The third-order valence-corrected chi connectivity index (χ3v) is 3.14. The van der Waals surface area contributed by atoms with Gasteiger partial charge in [-0.15, -0.1) is 6.58 Å². The van der Waals surface area contributed by atoms with Gasteiger partial charge < -0.3 is 10.4 Å². The average Bonchev–Trinajstić information content (AvgIpc) is 2.46. The summed E-state index contributed by atoms with van der Waals surface area (Å²) in [5.74, 6) is 0.258. The summed E-state index contributed by atoms with van der Waals surface area (Å²) in [6.45, 7) is 7.76. The number of nitrogens with zero attached hydrogens (tertiary/aromatic N) is 1. The number of hydrogen-bond acceptors (Lipinski definition) is 3. The van der Waals surface area contributed by atoms with Crippen LogP contribution in [-0.4, -0.2) is 48.7 Å². The number of benzene rings is 1. The highest BCUT2D eigenvalue weighted by molar-refractivity contribution is 5.78. The quantitative estimate of drug-likeness (QED) is 0.670. The lowest BCUT2D eigenvalue weighted by molar-refractivity contribution is -0.122. The number of carbonyl (C=O) groups excluding carboxylic acids is 1. The van der Waals surface area contributed by atoms with Crippen molar-refractivity contribution in [2.24, 2.45) is 0 Å². The van der Waals surface area contributed by atoms with Crippen molar-refractivity contribution in [1.82, 2.24) is 10.2 Å². The highest BCUT2D eigenvalue weighted by Crippen LogP contribution is 2.12. The van der Waals surface area contributed by atoms with Crippen molar-refractivity contribution in [2.45, 2.75) is 12.8 Å². The van der Waals surface area contributed by atoms with Crippen molar-refractivity contribution < 1.29 is 9.90 Å². The topological polar surface area (TPSA) is 52.6 Å². The van der Waals surface area contributed by atoms with E-state index >= 15 is 0 Å². The van der Waals surface area contributed by atoms with Gasteiger partial charge in [0.1, 0.15) is 0 Å². The van der Waals surface area contributed by atoms with Crippen LogP contribution in [0.4, 0.5) is 0 Å². The van der Waals surface area contributed by atoms with Gasteiger partial charge in [0.2, 0.25) is 5.91 Å². The normalized spacial score (nSPS) is 12.2. The number of amides is 1. The maximum absolute atomic E-state index is 11.9. The van der Waals surface area contributed by atoms with Crippen LogP contribution in [0.2, 0.25) is 0 Å². The van der Waals surface area contributed by atoms with E-state index in [1.807, 2.05) is 23.1 Å². The van der Waals surface area contributed by atoms with Crippen LogP contribution < -0.4 is 5.32 Å². The largest absolute Gasteiger partial charge is 0.395 e. The molecule has 4 nitrogen and oxygen atoms in total. The van der Waals surface area contributed by atoms with Gasteiger partial charge in [-0.05, 0) is 11.5 Å². The van der Waals surface area contributed by atoms with Gasteiger partial charge >= 0.3 is 0 Å². The monoisotopic (exact) mass is 276 g/mol. The van der Waals surface area contributed by atoms with Crippen LogP contribution in [0, 0.1) is 0 Å². The maximum Gasteiger partial charge on any atom is 0.234 e. The lowest BCUT2D eigenvalue weighted by Gasteiger charge is -2.19. The Labute approximate surface area is 121 Å².